The zero-order valence-electron chi connectivity index (χ0n) is 4.55. The van der Waals surface area contributed by atoms with Gasteiger partial charge < -0.3 is 0 Å². The molecule has 0 aromatic heterocycles. The molecule has 0 amide bonds. The molecule has 0 aliphatic carbocycles. The third-order valence-electron chi connectivity index (χ3n) is 0.365. The highest BCUT2D eigenvalue weighted by molar-refractivity contribution is 7.89. The van der Waals surface area contributed by atoms with Gasteiger partial charge in [-0.2, -0.15) is 13.2 Å². The average Bonchev–Trinajstić information content (AvgIpc) is 1.14. The summed E-state index contributed by atoms with van der Waals surface area (Å²) in [6.07, 6.45) is -4.73. The van der Waals surface area contributed by atoms with E-state index in [0.717, 1.165) is 0 Å². The molecule has 0 radical (unpaired) electrons. The molecule has 0 aromatic rings. The molecular weight excluding hydrogens is 195 g/mol. The maximum atomic E-state index is 11.1. The lowest BCUT2D eigenvalue weighted by Gasteiger charge is -2.01. The minimum Gasteiger partial charge on any atom is -0.228 e. The minimum absolute atomic E-state index is 0. The molecule has 0 heterocycles. The molecule has 64 valence electrons. The Hall–Kier alpha value is -0.0100. The Balaban J connectivity index is 0. The maximum absolute atomic E-state index is 11.1. The topological polar surface area (TPSA) is 60.2 Å². The van der Waals surface area contributed by atoms with Crippen LogP contribution in [0.25, 0.3) is 0 Å². The maximum Gasteiger partial charge on any atom is 0.404 e. The lowest BCUT2D eigenvalue weighted by molar-refractivity contribution is -0.106. The molecule has 0 aromatic carbocycles. The first kappa shape index (κ1) is 12.6. The molecule has 0 aliphatic heterocycles. The van der Waals surface area contributed by atoms with Crippen molar-refractivity contribution in [1.82, 2.24) is 0 Å². The Labute approximate surface area is 61.9 Å². The molecule has 0 saturated heterocycles. The second-order valence-electron chi connectivity index (χ2n) is 1.42. The molecule has 0 rings (SSSR count). The number of hydrogen-bond acceptors (Lipinski definition) is 2. The Morgan fingerprint density at radius 2 is 1.60 bits per heavy atom. The van der Waals surface area contributed by atoms with Crippen molar-refractivity contribution in [3.05, 3.63) is 0 Å². The van der Waals surface area contributed by atoms with Gasteiger partial charge in [0, 0.05) is 0 Å². The molecule has 0 spiro atoms. The van der Waals surface area contributed by atoms with Crippen molar-refractivity contribution in [2.24, 2.45) is 5.14 Å². The summed E-state index contributed by atoms with van der Waals surface area (Å²) in [5.74, 6) is -1.96. The predicted molar refractivity (Wildman–Crippen MR) is 31.3 cm³/mol. The van der Waals surface area contributed by atoms with Crippen molar-refractivity contribution in [2.45, 2.75) is 6.18 Å². The molecule has 0 unspecified atom stereocenters. The number of hydrogen-bond donors (Lipinski definition) is 1. The zero-order valence-corrected chi connectivity index (χ0v) is 6.18. The van der Waals surface area contributed by atoms with Gasteiger partial charge in [-0.1, -0.05) is 0 Å². The van der Waals surface area contributed by atoms with Crippen molar-refractivity contribution in [3.63, 3.8) is 0 Å². The largest absolute Gasteiger partial charge is 0.404 e. The number of alkyl halides is 3. The van der Waals surface area contributed by atoms with Crippen LogP contribution >= 0.6 is 12.4 Å². The first-order chi connectivity index (χ1) is 3.71. The number of nitrogens with two attached hydrogens (primary N) is 1. The van der Waals surface area contributed by atoms with Gasteiger partial charge >= 0.3 is 6.18 Å². The van der Waals surface area contributed by atoms with E-state index in [2.05, 4.69) is 5.14 Å². The van der Waals surface area contributed by atoms with Crippen LogP contribution < -0.4 is 5.14 Å². The van der Waals surface area contributed by atoms with Crippen molar-refractivity contribution in [2.75, 3.05) is 5.75 Å². The molecule has 8 heteroatoms. The van der Waals surface area contributed by atoms with Gasteiger partial charge in [0.2, 0.25) is 10.0 Å². The van der Waals surface area contributed by atoms with Gasteiger partial charge in [0.05, 0.1) is 0 Å². The van der Waals surface area contributed by atoms with Crippen LogP contribution in [0, 0.1) is 0 Å². The number of primary sulfonamides is 1. The van der Waals surface area contributed by atoms with Gasteiger partial charge in [0.1, 0.15) is 0 Å². The van der Waals surface area contributed by atoms with Crippen molar-refractivity contribution in [1.29, 1.82) is 0 Å². The standard InChI is InChI=1S/C2H4F3NO2S.ClH/c3-2(4,5)1-9(6,7)8;/h1H2,(H2,6,7,8);1H. The predicted octanol–water partition coefficient (Wildman–Crippen LogP) is 0.259. The quantitative estimate of drug-likeness (QED) is 0.659. The lowest BCUT2D eigenvalue weighted by atomic mass is 10.8. The van der Waals surface area contributed by atoms with Gasteiger partial charge in [-0.05, 0) is 0 Å². The molecule has 3 nitrogen and oxygen atoms in total. The van der Waals surface area contributed by atoms with Gasteiger partial charge in [-0.25, -0.2) is 13.6 Å². The number of halogens is 4. The highest BCUT2D eigenvalue weighted by Gasteiger charge is 2.32. The van der Waals surface area contributed by atoms with Crippen molar-refractivity contribution >= 4 is 22.4 Å². The first-order valence-electron chi connectivity index (χ1n) is 1.78. The Morgan fingerprint density at radius 1 is 1.30 bits per heavy atom. The zero-order chi connectivity index (χ0) is 7.71. The fourth-order valence-corrected chi connectivity index (χ4v) is 0.684. The van der Waals surface area contributed by atoms with E-state index in [1.807, 2.05) is 0 Å². The smallest absolute Gasteiger partial charge is 0.228 e. The van der Waals surface area contributed by atoms with Gasteiger partial charge in [0.15, 0.2) is 5.75 Å². The minimum atomic E-state index is -4.73. The lowest BCUT2D eigenvalue weighted by Crippen LogP contribution is -2.28. The van der Waals surface area contributed by atoms with E-state index in [4.69, 9.17) is 0 Å². The van der Waals surface area contributed by atoms with Gasteiger partial charge in [0.25, 0.3) is 0 Å². The summed E-state index contributed by atoms with van der Waals surface area (Å²) in [7, 11) is -4.41. The first-order valence-corrected chi connectivity index (χ1v) is 3.49. The van der Waals surface area contributed by atoms with E-state index in [0.29, 0.717) is 0 Å². The molecule has 0 aliphatic rings. The van der Waals surface area contributed by atoms with Crippen LogP contribution in [0.3, 0.4) is 0 Å². The van der Waals surface area contributed by atoms with Crippen LogP contribution in [0.4, 0.5) is 13.2 Å². The Kier molecular flexibility index (Phi) is 4.30. The molecule has 0 bridgehead atoms. The fourth-order valence-electron chi connectivity index (χ4n) is 0.228. The van der Waals surface area contributed by atoms with E-state index in [1.165, 1.54) is 0 Å². The van der Waals surface area contributed by atoms with Crippen molar-refractivity contribution in [3.8, 4) is 0 Å². The van der Waals surface area contributed by atoms with E-state index < -0.39 is 22.0 Å². The molecular formula is C2H5ClF3NO2S. The molecule has 10 heavy (non-hydrogen) atoms. The summed E-state index contributed by atoms with van der Waals surface area (Å²) >= 11 is 0. The molecule has 0 fully saturated rings. The second kappa shape index (κ2) is 3.40. The van der Waals surface area contributed by atoms with Crippen LogP contribution in [0.1, 0.15) is 0 Å². The summed E-state index contributed by atoms with van der Waals surface area (Å²) in [4.78, 5) is 0. The van der Waals surface area contributed by atoms with Gasteiger partial charge in [-0.3, -0.25) is 0 Å². The normalized spacial score (nSPS) is 12.4. The molecule has 0 atom stereocenters. The van der Waals surface area contributed by atoms with Crippen LogP contribution in [-0.2, 0) is 10.0 Å². The van der Waals surface area contributed by atoms with Crippen molar-refractivity contribution < 1.29 is 21.6 Å². The van der Waals surface area contributed by atoms with E-state index in [9.17, 15) is 21.6 Å². The Bertz CT molecular complexity index is 185. The molecule has 0 saturated carbocycles. The summed E-state index contributed by atoms with van der Waals surface area (Å²) in [5.41, 5.74) is 0. The van der Waals surface area contributed by atoms with Crippen LogP contribution in [0.2, 0.25) is 0 Å². The number of sulfonamides is 1. The Morgan fingerprint density at radius 3 is 1.60 bits per heavy atom. The van der Waals surface area contributed by atoms with E-state index >= 15 is 0 Å². The fraction of sp³-hybridized carbons (Fsp3) is 1.00. The van der Waals surface area contributed by atoms with Gasteiger partial charge in [-0.15, -0.1) is 12.4 Å². The summed E-state index contributed by atoms with van der Waals surface area (Å²) in [6.45, 7) is 0. The monoisotopic (exact) mass is 199 g/mol. The summed E-state index contributed by atoms with van der Waals surface area (Å²) < 4.78 is 52.7. The van der Waals surface area contributed by atoms with Crippen LogP contribution in [0.5, 0.6) is 0 Å². The van der Waals surface area contributed by atoms with Crippen LogP contribution in [-0.4, -0.2) is 20.3 Å². The summed E-state index contributed by atoms with van der Waals surface area (Å²) in [6, 6.07) is 0. The number of rotatable bonds is 1. The molecule has 2 N–H and O–H groups in total. The third-order valence-corrected chi connectivity index (χ3v) is 1.09. The second-order valence-corrected chi connectivity index (χ2v) is 3.04. The highest BCUT2D eigenvalue weighted by Crippen LogP contribution is 2.15. The SMILES string of the molecule is Cl.NS(=O)(=O)CC(F)(F)F. The third kappa shape index (κ3) is 10.9. The van der Waals surface area contributed by atoms with Crippen LogP contribution in [0.15, 0.2) is 0 Å². The van der Waals surface area contributed by atoms with E-state index in [1.54, 1.807) is 0 Å². The summed E-state index contributed by atoms with van der Waals surface area (Å²) in [5, 5.41) is 4.07. The highest BCUT2D eigenvalue weighted by atomic mass is 35.5. The van der Waals surface area contributed by atoms with E-state index in [-0.39, 0.29) is 12.4 Å². The average molecular weight is 200 g/mol.